The van der Waals surface area contributed by atoms with E-state index in [-0.39, 0.29) is 5.78 Å². The Labute approximate surface area is 195 Å². The highest BCUT2D eigenvalue weighted by molar-refractivity contribution is 6.30. The van der Waals surface area contributed by atoms with E-state index in [9.17, 15) is 9.59 Å². The highest BCUT2D eigenvalue weighted by atomic mass is 35.5. The first-order valence-electron chi connectivity index (χ1n) is 10.3. The molecular formula is C26H22ClNO5. The van der Waals surface area contributed by atoms with Gasteiger partial charge < -0.3 is 19.1 Å². The van der Waals surface area contributed by atoms with Gasteiger partial charge in [-0.25, -0.2) is 4.79 Å². The molecule has 0 unspecified atom stereocenters. The number of halogens is 1. The quantitative estimate of drug-likeness (QED) is 0.356. The normalized spacial score (nSPS) is 10.9. The molecule has 33 heavy (non-hydrogen) atoms. The number of hydrogen-bond donors (Lipinski definition) is 1. The van der Waals surface area contributed by atoms with Gasteiger partial charge >= 0.3 is 5.97 Å². The van der Waals surface area contributed by atoms with Crippen LogP contribution in [-0.4, -0.2) is 35.1 Å². The molecule has 7 heteroatoms. The largest absolute Gasteiger partial charge is 0.497 e. The fourth-order valence-corrected chi connectivity index (χ4v) is 3.97. The van der Waals surface area contributed by atoms with Crippen molar-refractivity contribution in [3.8, 4) is 11.5 Å². The van der Waals surface area contributed by atoms with Crippen molar-refractivity contribution in [2.45, 2.75) is 13.5 Å². The minimum Gasteiger partial charge on any atom is -0.497 e. The van der Waals surface area contributed by atoms with Crippen LogP contribution >= 0.6 is 11.6 Å². The van der Waals surface area contributed by atoms with Crippen molar-refractivity contribution in [3.63, 3.8) is 0 Å². The fourth-order valence-electron chi connectivity index (χ4n) is 3.84. The van der Waals surface area contributed by atoms with Crippen LogP contribution in [0.15, 0.2) is 66.7 Å². The Morgan fingerprint density at radius 3 is 2.27 bits per heavy atom. The Morgan fingerprint density at radius 2 is 1.64 bits per heavy atom. The van der Waals surface area contributed by atoms with E-state index in [4.69, 9.17) is 26.2 Å². The Kier molecular flexibility index (Phi) is 6.38. The lowest BCUT2D eigenvalue weighted by atomic mass is 10.0. The molecule has 3 aromatic carbocycles. The van der Waals surface area contributed by atoms with Gasteiger partial charge in [-0.05, 0) is 61.0 Å². The monoisotopic (exact) mass is 463 g/mol. The molecule has 1 N–H and O–H groups in total. The summed E-state index contributed by atoms with van der Waals surface area (Å²) in [6.45, 7) is 1.97. The van der Waals surface area contributed by atoms with Crippen LogP contribution in [0, 0.1) is 6.92 Å². The lowest BCUT2D eigenvalue weighted by Crippen LogP contribution is -2.09. The zero-order valence-corrected chi connectivity index (χ0v) is 18.9. The minimum atomic E-state index is -1.06. The van der Waals surface area contributed by atoms with Crippen LogP contribution in [0.1, 0.15) is 27.2 Å². The SMILES string of the molecule is COc1ccc(C(=O)c2c(C)n(Cc3ccc(Cl)cc3)c3cc(OCC(=O)O)ccc23)cc1. The number of fused-ring (bicyclic) bond motifs is 1. The molecule has 0 fully saturated rings. The highest BCUT2D eigenvalue weighted by Gasteiger charge is 2.22. The van der Waals surface area contributed by atoms with Gasteiger partial charge in [-0.15, -0.1) is 0 Å². The molecule has 1 heterocycles. The molecule has 4 aromatic rings. The van der Waals surface area contributed by atoms with E-state index in [1.807, 2.05) is 35.8 Å². The molecule has 0 spiro atoms. The second kappa shape index (κ2) is 9.38. The van der Waals surface area contributed by atoms with Gasteiger partial charge in [0.25, 0.3) is 0 Å². The van der Waals surface area contributed by atoms with Crippen LogP contribution in [-0.2, 0) is 11.3 Å². The fraction of sp³-hybridized carbons (Fsp3) is 0.154. The van der Waals surface area contributed by atoms with Gasteiger partial charge in [0, 0.05) is 34.3 Å². The Morgan fingerprint density at radius 1 is 0.970 bits per heavy atom. The van der Waals surface area contributed by atoms with Gasteiger partial charge in [0.1, 0.15) is 11.5 Å². The summed E-state index contributed by atoms with van der Waals surface area (Å²) in [7, 11) is 1.58. The summed E-state index contributed by atoms with van der Waals surface area (Å²) >= 11 is 6.03. The van der Waals surface area contributed by atoms with Crippen molar-refractivity contribution < 1.29 is 24.2 Å². The maximum Gasteiger partial charge on any atom is 0.341 e. The van der Waals surface area contributed by atoms with Gasteiger partial charge in [0.15, 0.2) is 12.4 Å². The van der Waals surface area contributed by atoms with Crippen LogP contribution in [0.3, 0.4) is 0 Å². The van der Waals surface area contributed by atoms with Crippen molar-refractivity contribution in [2.24, 2.45) is 0 Å². The zero-order valence-electron chi connectivity index (χ0n) is 18.2. The van der Waals surface area contributed by atoms with E-state index in [2.05, 4.69) is 0 Å². The molecule has 0 radical (unpaired) electrons. The van der Waals surface area contributed by atoms with E-state index < -0.39 is 12.6 Å². The number of benzene rings is 3. The number of aromatic nitrogens is 1. The second-order valence-corrected chi connectivity index (χ2v) is 8.03. The average Bonchev–Trinajstić information content (AvgIpc) is 3.09. The summed E-state index contributed by atoms with van der Waals surface area (Å²) < 4.78 is 12.6. The van der Waals surface area contributed by atoms with Gasteiger partial charge in [0.2, 0.25) is 0 Å². The molecule has 4 rings (SSSR count). The number of carboxylic acids is 1. The lowest BCUT2D eigenvalue weighted by molar-refractivity contribution is -0.139. The number of aliphatic carboxylic acids is 1. The number of hydrogen-bond acceptors (Lipinski definition) is 4. The first-order chi connectivity index (χ1) is 15.9. The summed E-state index contributed by atoms with van der Waals surface area (Å²) in [4.78, 5) is 24.4. The van der Waals surface area contributed by atoms with Gasteiger partial charge in [-0.2, -0.15) is 0 Å². The Hall–Kier alpha value is -3.77. The Balaban J connectivity index is 1.83. The van der Waals surface area contributed by atoms with Crippen LogP contribution in [0.4, 0.5) is 0 Å². The van der Waals surface area contributed by atoms with Crippen LogP contribution in [0.25, 0.3) is 10.9 Å². The highest BCUT2D eigenvalue weighted by Crippen LogP contribution is 2.32. The second-order valence-electron chi connectivity index (χ2n) is 7.59. The van der Waals surface area contributed by atoms with E-state index in [1.54, 1.807) is 49.6 Å². The number of carbonyl (C=O) groups excluding carboxylic acids is 1. The summed E-state index contributed by atoms with van der Waals surface area (Å²) in [5.74, 6) is -0.0655. The van der Waals surface area contributed by atoms with Crippen LogP contribution in [0.2, 0.25) is 5.02 Å². The third-order valence-corrected chi connectivity index (χ3v) is 5.74. The van der Waals surface area contributed by atoms with Crippen molar-refractivity contribution >= 4 is 34.3 Å². The van der Waals surface area contributed by atoms with E-state index >= 15 is 0 Å². The van der Waals surface area contributed by atoms with Crippen molar-refractivity contribution in [2.75, 3.05) is 13.7 Å². The molecule has 0 saturated carbocycles. The first kappa shape index (κ1) is 22.4. The van der Waals surface area contributed by atoms with Crippen molar-refractivity contribution in [1.29, 1.82) is 0 Å². The maximum absolute atomic E-state index is 13.5. The molecule has 0 amide bonds. The number of rotatable bonds is 8. The standard InChI is InChI=1S/C26H22ClNO5/c1-16-25(26(31)18-5-9-20(32-2)10-6-18)22-12-11-21(33-15-24(29)30)13-23(22)28(16)14-17-3-7-19(27)8-4-17/h3-13H,14-15H2,1-2H3,(H,29,30). The molecule has 0 atom stereocenters. The molecule has 1 aromatic heterocycles. The number of nitrogens with zero attached hydrogens (tertiary/aromatic N) is 1. The Bertz CT molecular complexity index is 1320. The molecule has 0 bridgehead atoms. The third kappa shape index (κ3) is 4.71. The van der Waals surface area contributed by atoms with Gasteiger partial charge in [0.05, 0.1) is 18.2 Å². The maximum atomic E-state index is 13.5. The average molecular weight is 464 g/mol. The van der Waals surface area contributed by atoms with Crippen LogP contribution < -0.4 is 9.47 Å². The van der Waals surface area contributed by atoms with Gasteiger partial charge in [-0.3, -0.25) is 4.79 Å². The number of ketones is 1. The molecule has 0 aliphatic rings. The summed E-state index contributed by atoms with van der Waals surface area (Å²) in [6, 6.07) is 19.8. The topological polar surface area (TPSA) is 77.8 Å². The third-order valence-electron chi connectivity index (χ3n) is 5.49. The number of methoxy groups -OCH3 is 1. The number of carbonyl (C=O) groups is 2. The van der Waals surface area contributed by atoms with Crippen molar-refractivity contribution in [3.05, 3.63) is 94.1 Å². The predicted molar refractivity (Wildman–Crippen MR) is 127 cm³/mol. The molecule has 0 saturated heterocycles. The molecule has 0 aliphatic heterocycles. The molecule has 6 nitrogen and oxygen atoms in total. The van der Waals surface area contributed by atoms with Crippen LogP contribution in [0.5, 0.6) is 11.5 Å². The minimum absolute atomic E-state index is 0.103. The van der Waals surface area contributed by atoms with E-state index in [0.717, 1.165) is 22.2 Å². The molecular weight excluding hydrogens is 442 g/mol. The summed E-state index contributed by atoms with van der Waals surface area (Å²) in [5.41, 5.74) is 3.74. The number of ether oxygens (including phenoxy) is 2. The van der Waals surface area contributed by atoms with Crippen molar-refractivity contribution in [1.82, 2.24) is 4.57 Å². The van der Waals surface area contributed by atoms with Gasteiger partial charge in [-0.1, -0.05) is 23.7 Å². The summed E-state index contributed by atoms with van der Waals surface area (Å²) in [6.07, 6.45) is 0. The molecule has 168 valence electrons. The van der Waals surface area contributed by atoms with E-state index in [0.29, 0.717) is 34.2 Å². The first-order valence-corrected chi connectivity index (χ1v) is 10.7. The zero-order chi connectivity index (χ0) is 23.5. The number of carboxylic acid groups (broad SMARTS) is 1. The predicted octanol–water partition coefficient (Wildman–Crippen LogP) is 5.35. The lowest BCUT2D eigenvalue weighted by Gasteiger charge is -2.10. The van der Waals surface area contributed by atoms with E-state index in [1.165, 1.54) is 0 Å². The smallest absolute Gasteiger partial charge is 0.341 e. The molecule has 0 aliphatic carbocycles. The summed E-state index contributed by atoms with van der Waals surface area (Å²) in [5, 5.41) is 10.4.